The van der Waals surface area contributed by atoms with Crippen molar-refractivity contribution in [1.82, 2.24) is 0 Å². The third kappa shape index (κ3) is 4.17. The van der Waals surface area contributed by atoms with Crippen LogP contribution in [0.4, 0.5) is 0 Å². The molecule has 0 spiro atoms. The minimum absolute atomic E-state index is 0.655. The number of benzene rings is 2. The molecule has 4 nitrogen and oxygen atoms in total. The topological polar surface area (TPSA) is 32.1 Å². The maximum atomic E-state index is 5.59. The molecule has 0 aliphatic heterocycles. The van der Waals surface area contributed by atoms with E-state index in [4.69, 9.17) is 14.2 Å². The maximum absolute atomic E-state index is 5.59. The van der Waals surface area contributed by atoms with Crippen molar-refractivity contribution in [2.45, 2.75) is 20.0 Å². The van der Waals surface area contributed by atoms with Crippen molar-refractivity contribution in [2.75, 3.05) is 27.9 Å². The van der Waals surface area contributed by atoms with Gasteiger partial charge in [0.05, 0.1) is 33.4 Å². The van der Waals surface area contributed by atoms with Gasteiger partial charge in [-0.2, -0.15) is 0 Å². The van der Waals surface area contributed by atoms with Crippen molar-refractivity contribution in [3.8, 4) is 17.2 Å². The molecule has 0 aliphatic carbocycles. The van der Waals surface area contributed by atoms with Gasteiger partial charge in [0.2, 0.25) is 5.75 Å². The SMILES string of the molecule is CC[NH+](Cc1ccccc1)Cc1ccc(OC)c(OC)c1OC. The largest absolute Gasteiger partial charge is 0.493 e. The molecule has 0 heterocycles. The van der Waals surface area contributed by atoms with Crippen molar-refractivity contribution >= 4 is 0 Å². The zero-order chi connectivity index (χ0) is 16.7. The summed E-state index contributed by atoms with van der Waals surface area (Å²) in [6.45, 7) is 5.08. The van der Waals surface area contributed by atoms with Gasteiger partial charge in [0.25, 0.3) is 0 Å². The molecule has 23 heavy (non-hydrogen) atoms. The molecule has 0 aliphatic rings. The molecule has 0 radical (unpaired) electrons. The van der Waals surface area contributed by atoms with Gasteiger partial charge in [-0.15, -0.1) is 0 Å². The Morgan fingerprint density at radius 1 is 0.783 bits per heavy atom. The molecule has 0 fully saturated rings. The fourth-order valence-electron chi connectivity index (χ4n) is 2.77. The van der Waals surface area contributed by atoms with Crippen molar-refractivity contribution in [1.29, 1.82) is 0 Å². The molecule has 0 saturated heterocycles. The van der Waals surface area contributed by atoms with E-state index < -0.39 is 0 Å². The minimum atomic E-state index is 0.655. The molecule has 1 unspecified atom stereocenters. The second kappa shape index (κ2) is 8.44. The molecule has 4 heteroatoms. The summed E-state index contributed by atoms with van der Waals surface area (Å²) in [6, 6.07) is 14.5. The lowest BCUT2D eigenvalue weighted by Crippen LogP contribution is -3.09. The fraction of sp³-hybridized carbons (Fsp3) is 0.368. The molecule has 124 valence electrons. The molecule has 0 amide bonds. The van der Waals surface area contributed by atoms with Crippen LogP contribution < -0.4 is 19.1 Å². The lowest BCUT2D eigenvalue weighted by Gasteiger charge is -2.21. The third-order valence-corrected chi connectivity index (χ3v) is 4.02. The van der Waals surface area contributed by atoms with E-state index in [1.807, 2.05) is 12.1 Å². The van der Waals surface area contributed by atoms with E-state index in [0.717, 1.165) is 30.9 Å². The fourth-order valence-corrected chi connectivity index (χ4v) is 2.77. The third-order valence-electron chi connectivity index (χ3n) is 4.02. The Morgan fingerprint density at radius 2 is 1.48 bits per heavy atom. The van der Waals surface area contributed by atoms with Crippen LogP contribution in [-0.4, -0.2) is 27.9 Å². The van der Waals surface area contributed by atoms with E-state index in [0.29, 0.717) is 11.5 Å². The van der Waals surface area contributed by atoms with Gasteiger partial charge in [-0.25, -0.2) is 0 Å². The molecule has 1 atom stereocenters. The van der Waals surface area contributed by atoms with Crippen LogP contribution in [0.5, 0.6) is 17.2 Å². The summed E-state index contributed by atoms with van der Waals surface area (Å²) in [4.78, 5) is 1.46. The second-order valence-electron chi connectivity index (χ2n) is 5.44. The van der Waals surface area contributed by atoms with Gasteiger partial charge in [-0.1, -0.05) is 30.3 Å². The van der Waals surface area contributed by atoms with E-state index in [2.05, 4.69) is 37.3 Å². The number of ether oxygens (including phenoxy) is 3. The van der Waals surface area contributed by atoms with Crippen LogP contribution in [0.1, 0.15) is 18.1 Å². The van der Waals surface area contributed by atoms with Crippen molar-refractivity contribution < 1.29 is 19.1 Å². The Morgan fingerprint density at radius 3 is 2.04 bits per heavy atom. The molecule has 0 bridgehead atoms. The average molecular weight is 316 g/mol. The normalized spacial score (nSPS) is 11.8. The first-order valence-electron chi connectivity index (χ1n) is 7.88. The van der Waals surface area contributed by atoms with Gasteiger partial charge in [-0.3, -0.25) is 0 Å². The van der Waals surface area contributed by atoms with Crippen LogP contribution in [-0.2, 0) is 13.1 Å². The van der Waals surface area contributed by atoms with E-state index in [1.165, 1.54) is 10.5 Å². The second-order valence-corrected chi connectivity index (χ2v) is 5.44. The van der Waals surface area contributed by atoms with Gasteiger partial charge in [0, 0.05) is 5.56 Å². The Bertz CT molecular complexity index is 614. The minimum Gasteiger partial charge on any atom is -0.493 e. The van der Waals surface area contributed by atoms with Crippen molar-refractivity contribution in [3.05, 3.63) is 53.6 Å². The first-order valence-corrected chi connectivity index (χ1v) is 7.88. The average Bonchev–Trinajstić information content (AvgIpc) is 2.61. The van der Waals surface area contributed by atoms with Gasteiger partial charge in [0.1, 0.15) is 13.1 Å². The molecule has 0 saturated carbocycles. The Hall–Kier alpha value is -2.20. The first kappa shape index (κ1) is 17.2. The number of nitrogens with one attached hydrogen (secondary N) is 1. The highest BCUT2D eigenvalue weighted by Gasteiger charge is 2.19. The number of rotatable bonds is 8. The molecular formula is C19H26NO3+. The monoisotopic (exact) mass is 316 g/mol. The van der Waals surface area contributed by atoms with Gasteiger partial charge >= 0.3 is 0 Å². The quantitative estimate of drug-likeness (QED) is 0.811. The Balaban J connectivity index is 2.23. The van der Waals surface area contributed by atoms with Crippen LogP contribution in [0, 0.1) is 0 Å². The van der Waals surface area contributed by atoms with Crippen LogP contribution in [0.2, 0.25) is 0 Å². The summed E-state index contributed by atoms with van der Waals surface area (Å²) in [5, 5.41) is 0. The van der Waals surface area contributed by atoms with Crippen LogP contribution in [0.3, 0.4) is 0 Å². The molecule has 2 rings (SSSR count). The van der Waals surface area contributed by atoms with Crippen molar-refractivity contribution in [3.63, 3.8) is 0 Å². The maximum Gasteiger partial charge on any atom is 0.203 e. The summed E-state index contributed by atoms with van der Waals surface area (Å²) in [6.07, 6.45) is 0. The predicted molar refractivity (Wildman–Crippen MR) is 91.5 cm³/mol. The van der Waals surface area contributed by atoms with Crippen molar-refractivity contribution in [2.24, 2.45) is 0 Å². The van der Waals surface area contributed by atoms with E-state index >= 15 is 0 Å². The molecule has 1 N–H and O–H groups in total. The molecule has 2 aromatic rings. The van der Waals surface area contributed by atoms with Crippen LogP contribution in [0.15, 0.2) is 42.5 Å². The lowest BCUT2D eigenvalue weighted by molar-refractivity contribution is -0.925. The Kier molecular flexibility index (Phi) is 6.29. The summed E-state index contributed by atoms with van der Waals surface area (Å²) in [7, 11) is 4.94. The van der Waals surface area contributed by atoms with Crippen LogP contribution >= 0.6 is 0 Å². The van der Waals surface area contributed by atoms with E-state index in [-0.39, 0.29) is 0 Å². The van der Waals surface area contributed by atoms with E-state index in [9.17, 15) is 0 Å². The lowest BCUT2D eigenvalue weighted by atomic mass is 10.1. The highest BCUT2D eigenvalue weighted by molar-refractivity contribution is 5.55. The van der Waals surface area contributed by atoms with Gasteiger partial charge in [-0.05, 0) is 19.1 Å². The molecule has 2 aromatic carbocycles. The number of hydrogen-bond acceptors (Lipinski definition) is 3. The number of hydrogen-bond donors (Lipinski definition) is 1. The summed E-state index contributed by atoms with van der Waals surface area (Å²) in [5.41, 5.74) is 2.46. The van der Waals surface area contributed by atoms with E-state index in [1.54, 1.807) is 21.3 Å². The first-order chi connectivity index (χ1) is 11.2. The van der Waals surface area contributed by atoms with Gasteiger partial charge < -0.3 is 19.1 Å². The highest BCUT2D eigenvalue weighted by atomic mass is 16.5. The number of methoxy groups -OCH3 is 3. The molecular weight excluding hydrogens is 290 g/mol. The Labute approximate surface area is 138 Å². The zero-order valence-electron chi connectivity index (χ0n) is 14.4. The molecule has 0 aromatic heterocycles. The summed E-state index contributed by atoms with van der Waals surface area (Å²) >= 11 is 0. The standard InChI is InChI=1S/C19H25NO3/c1-5-20(13-15-9-7-6-8-10-15)14-16-11-12-17(21-2)19(23-4)18(16)22-3/h6-12H,5,13-14H2,1-4H3/p+1. The summed E-state index contributed by atoms with van der Waals surface area (Å²) in [5.74, 6) is 2.10. The smallest absolute Gasteiger partial charge is 0.203 e. The zero-order valence-corrected chi connectivity index (χ0v) is 14.4. The summed E-state index contributed by atoms with van der Waals surface area (Å²) < 4.78 is 16.4. The van der Waals surface area contributed by atoms with Gasteiger partial charge in [0.15, 0.2) is 11.5 Å². The van der Waals surface area contributed by atoms with Crippen LogP contribution in [0.25, 0.3) is 0 Å². The predicted octanol–water partition coefficient (Wildman–Crippen LogP) is 2.32. The highest BCUT2D eigenvalue weighted by Crippen LogP contribution is 2.39. The number of quaternary nitrogens is 1.